The second-order valence-corrected chi connectivity index (χ2v) is 29.4. The van der Waals surface area contributed by atoms with E-state index >= 15 is 0 Å². The first-order valence-corrected chi connectivity index (χ1v) is 30.5. The van der Waals surface area contributed by atoms with E-state index in [1.54, 1.807) is 0 Å². The highest BCUT2D eigenvalue weighted by atomic mass is 32.2. The maximum Gasteiger partial charge on any atom is 0.132 e. The van der Waals surface area contributed by atoms with E-state index in [4.69, 9.17) is 4.74 Å². The van der Waals surface area contributed by atoms with Crippen molar-refractivity contribution in [3.63, 3.8) is 0 Å². The number of ether oxygens (including phenoxy) is 1. The van der Waals surface area contributed by atoms with Crippen LogP contribution in [0.2, 0.25) is 0 Å². The minimum absolute atomic E-state index is 0.0583. The molecule has 3 atom stereocenters. The summed E-state index contributed by atoms with van der Waals surface area (Å²) in [7, 11) is 0. The van der Waals surface area contributed by atoms with Crippen molar-refractivity contribution in [2.75, 3.05) is 4.90 Å². The third-order valence-electron chi connectivity index (χ3n) is 19.1. The molecule has 0 radical (unpaired) electrons. The van der Waals surface area contributed by atoms with Gasteiger partial charge in [-0.15, -0.1) is 0 Å². The van der Waals surface area contributed by atoms with Gasteiger partial charge in [-0.1, -0.05) is 247 Å². The van der Waals surface area contributed by atoms with Gasteiger partial charge in [-0.05, 0) is 178 Å². The Bertz CT molecular complexity index is 4100. The first kappa shape index (κ1) is 52.5. The highest BCUT2D eigenvalue weighted by Gasteiger charge is 2.61. The van der Waals surface area contributed by atoms with Gasteiger partial charge in [0.05, 0.1) is 10.8 Å². The highest BCUT2D eigenvalue weighted by Crippen LogP contribution is 2.67. The van der Waals surface area contributed by atoms with Crippen LogP contribution in [-0.4, -0.2) is 5.60 Å². The van der Waals surface area contributed by atoms with E-state index in [0.29, 0.717) is 0 Å². The van der Waals surface area contributed by atoms with Crippen molar-refractivity contribution in [3.8, 4) is 39.1 Å². The third-order valence-corrected chi connectivity index (χ3v) is 20.2. The van der Waals surface area contributed by atoms with E-state index in [1.165, 1.54) is 104 Å². The fourth-order valence-electron chi connectivity index (χ4n) is 14.7. The van der Waals surface area contributed by atoms with Crippen LogP contribution in [0.1, 0.15) is 146 Å². The molecule has 0 amide bonds. The van der Waals surface area contributed by atoms with Gasteiger partial charge in [0.15, 0.2) is 0 Å². The maximum atomic E-state index is 7.41. The lowest BCUT2D eigenvalue weighted by Gasteiger charge is -2.53. The van der Waals surface area contributed by atoms with Crippen LogP contribution in [0.3, 0.4) is 0 Å². The second-order valence-electron chi connectivity index (χ2n) is 28.3. The highest BCUT2D eigenvalue weighted by molar-refractivity contribution is 7.99. The summed E-state index contributed by atoms with van der Waals surface area (Å²) in [5, 5.41) is 0. The van der Waals surface area contributed by atoms with Crippen molar-refractivity contribution in [1.29, 1.82) is 0 Å². The first-order valence-electron chi connectivity index (χ1n) is 29.7. The monoisotopic (exact) mass is 1090 g/mol. The van der Waals surface area contributed by atoms with Crippen LogP contribution in [0.15, 0.2) is 228 Å². The molecule has 9 aromatic carbocycles. The maximum absolute atomic E-state index is 7.41. The average Bonchev–Trinajstić information content (AvgIpc) is 1.56. The molecule has 2 spiro atoms. The van der Waals surface area contributed by atoms with Gasteiger partial charge >= 0.3 is 0 Å². The number of hydrogen-bond donors (Lipinski definition) is 0. The van der Waals surface area contributed by atoms with Gasteiger partial charge in [-0.3, -0.25) is 0 Å². The van der Waals surface area contributed by atoms with Crippen LogP contribution in [-0.2, 0) is 27.1 Å². The zero-order valence-electron chi connectivity index (χ0n) is 50.0. The second kappa shape index (κ2) is 18.0. The predicted octanol–water partition coefficient (Wildman–Crippen LogP) is 21.2. The number of nitrogens with zero attached hydrogens (tertiary/aromatic N) is 1. The van der Waals surface area contributed by atoms with Gasteiger partial charge in [-0.25, -0.2) is 0 Å². The normalized spacial score (nSPS) is 19.7. The lowest BCUT2D eigenvalue weighted by Crippen LogP contribution is -2.55. The molecular formula is C79H75NOS. The largest absolute Gasteiger partial charge is 0.482 e. The summed E-state index contributed by atoms with van der Waals surface area (Å²) in [6.07, 6.45) is 7.31. The summed E-state index contributed by atoms with van der Waals surface area (Å²) in [4.78, 5) is 5.15. The Morgan fingerprint density at radius 2 is 0.890 bits per heavy atom. The van der Waals surface area contributed by atoms with Gasteiger partial charge in [0.1, 0.15) is 11.4 Å². The molecule has 2 heterocycles. The summed E-state index contributed by atoms with van der Waals surface area (Å²) in [5.41, 5.74) is 23.4. The van der Waals surface area contributed by atoms with Crippen LogP contribution in [0.25, 0.3) is 33.4 Å². The molecule has 0 saturated heterocycles. The van der Waals surface area contributed by atoms with E-state index < -0.39 is 16.4 Å². The molecule has 5 aliphatic rings. The average molecular weight is 1090 g/mol. The fraction of sp³-hybridized carbons (Fsp3) is 0.266. The SMILES string of the molecule is CC(C)(C)C1=CC2C3(c4cc(C(C)(C)C)ccc4O[C@]2(C)C=C1)c1ccccc1-c1ccc(N(c2ccc(-c4ccccc4)cc2)c2ccc4c(c2)C2(c5ccccc5S4)c4cc(C(C)(C)C)ccc4-c4ccc(C(C)(C)C)cc42)cc13. The fourth-order valence-corrected chi connectivity index (χ4v) is 15.8. The molecule has 14 rings (SSSR count). The van der Waals surface area contributed by atoms with Crippen LogP contribution in [0, 0.1) is 11.3 Å². The summed E-state index contributed by atoms with van der Waals surface area (Å²) < 4.78 is 7.41. The Hall–Kier alpha value is -7.59. The van der Waals surface area contributed by atoms with Crippen molar-refractivity contribution < 1.29 is 4.74 Å². The number of allylic oxidation sites excluding steroid dienone is 2. The van der Waals surface area contributed by atoms with E-state index in [2.05, 4.69) is 307 Å². The van der Waals surface area contributed by atoms with Crippen molar-refractivity contribution in [2.24, 2.45) is 11.3 Å². The molecule has 408 valence electrons. The number of benzene rings is 9. The van der Waals surface area contributed by atoms with Crippen LogP contribution < -0.4 is 9.64 Å². The van der Waals surface area contributed by atoms with Crippen molar-refractivity contribution in [3.05, 3.63) is 274 Å². The van der Waals surface area contributed by atoms with Crippen LogP contribution in [0.5, 0.6) is 5.75 Å². The quantitative estimate of drug-likeness (QED) is 0.174. The molecular weight excluding hydrogens is 1010 g/mol. The van der Waals surface area contributed by atoms with Gasteiger partial charge in [0.25, 0.3) is 0 Å². The van der Waals surface area contributed by atoms with Crippen molar-refractivity contribution in [1.82, 2.24) is 0 Å². The molecule has 3 aliphatic carbocycles. The third kappa shape index (κ3) is 7.74. The van der Waals surface area contributed by atoms with Gasteiger partial charge in [-0.2, -0.15) is 0 Å². The summed E-state index contributed by atoms with van der Waals surface area (Å²) >= 11 is 1.91. The zero-order chi connectivity index (χ0) is 57.1. The zero-order valence-corrected chi connectivity index (χ0v) is 50.9. The molecule has 0 bridgehead atoms. The minimum atomic E-state index is -0.642. The van der Waals surface area contributed by atoms with E-state index in [-0.39, 0.29) is 27.6 Å². The van der Waals surface area contributed by atoms with Crippen molar-refractivity contribution >= 4 is 28.8 Å². The summed E-state index contributed by atoms with van der Waals surface area (Å²) in [6, 6.07) is 75.2. The molecule has 2 nitrogen and oxygen atoms in total. The predicted molar refractivity (Wildman–Crippen MR) is 345 cm³/mol. The molecule has 3 heteroatoms. The Balaban J connectivity index is 1.06. The van der Waals surface area contributed by atoms with Crippen LogP contribution in [0.4, 0.5) is 17.1 Å². The molecule has 0 N–H and O–H groups in total. The topological polar surface area (TPSA) is 12.5 Å². The molecule has 0 fully saturated rings. The lowest BCUT2D eigenvalue weighted by molar-refractivity contribution is 0.0456. The number of hydrogen-bond acceptors (Lipinski definition) is 3. The molecule has 0 saturated carbocycles. The lowest BCUT2D eigenvalue weighted by atomic mass is 9.55. The molecule has 2 unspecified atom stereocenters. The minimum Gasteiger partial charge on any atom is -0.482 e. The molecule has 9 aromatic rings. The Kier molecular flexibility index (Phi) is 11.5. The smallest absolute Gasteiger partial charge is 0.132 e. The van der Waals surface area contributed by atoms with Gasteiger partial charge in [0.2, 0.25) is 0 Å². The van der Waals surface area contributed by atoms with E-state index in [1.807, 2.05) is 11.8 Å². The standard InChI is InChI=1S/C79H75NOS/c1-73(2,3)51-29-36-59-60-37-30-52(74(4,5)6)44-65(60)78(64(59)43-51)63-25-19-20-26-70(63)82-71-40-35-57(48-68(71)78)80(55-32-27-50(28-33-55)49-21-15-14-16-22-49)56-34-38-61-58-23-17-18-24-62(58)79(66(61)47-56)67-45-53(75(7,8)9)31-39-69(67)81-77(13)42-41-54(46-72(77)79)76(10,11)12/h14-48,72H,1-13H3/t72?,77-,79?/m1/s1. The van der Waals surface area contributed by atoms with E-state index in [9.17, 15) is 0 Å². The molecule has 0 aromatic heterocycles. The van der Waals surface area contributed by atoms with E-state index in [0.717, 1.165) is 22.8 Å². The van der Waals surface area contributed by atoms with Crippen LogP contribution >= 0.6 is 11.8 Å². The number of fused-ring (bicyclic) bond motifs is 18. The Labute approximate surface area is 492 Å². The Morgan fingerprint density at radius 1 is 0.402 bits per heavy atom. The number of rotatable bonds is 4. The number of anilines is 3. The molecule has 82 heavy (non-hydrogen) atoms. The molecule has 2 aliphatic heterocycles. The summed E-state index contributed by atoms with van der Waals surface area (Å²) in [5.74, 6) is 0.877. The first-order chi connectivity index (χ1) is 39.0. The summed E-state index contributed by atoms with van der Waals surface area (Å²) in [6.45, 7) is 30.5. The van der Waals surface area contributed by atoms with Crippen molar-refractivity contribution in [2.45, 2.75) is 132 Å². The van der Waals surface area contributed by atoms with Gasteiger partial charge < -0.3 is 9.64 Å². The van der Waals surface area contributed by atoms with Gasteiger partial charge in [0, 0.05) is 38.3 Å². The Morgan fingerprint density at radius 3 is 1.52 bits per heavy atom.